The number of halogens is 1. The maximum Gasteiger partial charge on any atom is 0.271 e. The Labute approximate surface area is 132 Å². The maximum absolute atomic E-state index is 12.2. The van der Waals surface area contributed by atoms with E-state index in [1.807, 2.05) is 0 Å². The van der Waals surface area contributed by atoms with Gasteiger partial charge in [-0.1, -0.05) is 11.6 Å². The van der Waals surface area contributed by atoms with Crippen molar-refractivity contribution in [3.8, 4) is 0 Å². The summed E-state index contributed by atoms with van der Waals surface area (Å²) in [5.41, 5.74) is 1.55. The predicted octanol–water partition coefficient (Wildman–Crippen LogP) is 2.87. The molecule has 2 rings (SSSR count). The lowest BCUT2D eigenvalue weighted by Crippen LogP contribution is -2.17. The third kappa shape index (κ3) is 3.55. The van der Waals surface area contributed by atoms with E-state index >= 15 is 0 Å². The standard InChI is InChI=1S/C13H13ClN2O3S2/c1-8-7-11(20-12(8)14)21(18,19)16-10-5-3-9(4-6-10)13(17)15-2/h3-7,16H,1-2H3,(H,15,17). The number of hydrogen-bond donors (Lipinski definition) is 2. The van der Waals surface area contributed by atoms with Gasteiger partial charge in [0.1, 0.15) is 4.21 Å². The van der Waals surface area contributed by atoms with E-state index in [4.69, 9.17) is 11.6 Å². The molecule has 1 heterocycles. The highest BCUT2D eigenvalue weighted by molar-refractivity contribution is 7.94. The molecule has 5 nitrogen and oxygen atoms in total. The van der Waals surface area contributed by atoms with Crippen molar-refractivity contribution in [3.05, 3.63) is 45.8 Å². The predicted molar refractivity (Wildman–Crippen MR) is 84.7 cm³/mol. The average Bonchev–Trinajstić information content (AvgIpc) is 2.79. The van der Waals surface area contributed by atoms with Crippen molar-refractivity contribution >= 4 is 44.6 Å². The first-order chi connectivity index (χ1) is 9.83. The second-order valence-electron chi connectivity index (χ2n) is 4.28. The highest BCUT2D eigenvalue weighted by atomic mass is 35.5. The van der Waals surface area contributed by atoms with Crippen LogP contribution in [0.4, 0.5) is 5.69 Å². The Morgan fingerprint density at radius 1 is 1.24 bits per heavy atom. The van der Waals surface area contributed by atoms with Crippen LogP contribution in [0, 0.1) is 6.92 Å². The summed E-state index contributed by atoms with van der Waals surface area (Å²) in [4.78, 5) is 11.4. The van der Waals surface area contributed by atoms with Crippen LogP contribution in [-0.2, 0) is 10.0 Å². The van der Waals surface area contributed by atoms with E-state index < -0.39 is 10.0 Å². The molecule has 0 bridgehead atoms. The first kappa shape index (κ1) is 15.8. The van der Waals surface area contributed by atoms with Crippen LogP contribution < -0.4 is 10.0 Å². The van der Waals surface area contributed by atoms with Crippen LogP contribution in [0.25, 0.3) is 0 Å². The summed E-state index contributed by atoms with van der Waals surface area (Å²) >= 11 is 6.89. The smallest absolute Gasteiger partial charge is 0.271 e. The van der Waals surface area contributed by atoms with E-state index in [0.29, 0.717) is 15.6 Å². The Morgan fingerprint density at radius 3 is 2.33 bits per heavy atom. The molecule has 1 amide bonds. The maximum atomic E-state index is 12.2. The molecule has 2 N–H and O–H groups in total. The zero-order chi connectivity index (χ0) is 15.6. The van der Waals surface area contributed by atoms with Crippen molar-refractivity contribution in [1.29, 1.82) is 0 Å². The van der Waals surface area contributed by atoms with Crippen LogP contribution in [0.3, 0.4) is 0 Å². The number of benzene rings is 1. The van der Waals surface area contributed by atoms with Crippen molar-refractivity contribution in [2.75, 3.05) is 11.8 Å². The number of thiophene rings is 1. The summed E-state index contributed by atoms with van der Waals surface area (Å²) in [5, 5.41) is 2.49. The number of rotatable bonds is 4. The summed E-state index contributed by atoms with van der Waals surface area (Å²) in [6.45, 7) is 1.75. The minimum atomic E-state index is -3.67. The molecule has 0 atom stereocenters. The molecule has 0 saturated heterocycles. The van der Waals surface area contributed by atoms with Gasteiger partial charge in [-0.3, -0.25) is 9.52 Å². The van der Waals surface area contributed by atoms with Gasteiger partial charge in [0.05, 0.1) is 4.34 Å². The van der Waals surface area contributed by atoms with Crippen LogP contribution in [0.1, 0.15) is 15.9 Å². The van der Waals surface area contributed by atoms with Crippen LogP contribution in [-0.4, -0.2) is 21.4 Å². The molecule has 0 aliphatic heterocycles. The van der Waals surface area contributed by atoms with Crippen LogP contribution >= 0.6 is 22.9 Å². The molecule has 0 aliphatic carbocycles. The lowest BCUT2D eigenvalue weighted by molar-refractivity contribution is 0.0963. The lowest BCUT2D eigenvalue weighted by Gasteiger charge is -2.07. The van der Waals surface area contributed by atoms with Gasteiger partial charge >= 0.3 is 0 Å². The topological polar surface area (TPSA) is 75.3 Å². The Bertz CT molecular complexity index is 748. The molecular formula is C13H13ClN2O3S2. The first-order valence-electron chi connectivity index (χ1n) is 5.94. The highest BCUT2D eigenvalue weighted by Crippen LogP contribution is 2.31. The number of hydrogen-bond acceptors (Lipinski definition) is 4. The van der Waals surface area contributed by atoms with E-state index in [2.05, 4.69) is 10.0 Å². The normalized spacial score (nSPS) is 11.2. The number of carbonyl (C=O) groups is 1. The Kier molecular flexibility index (Phi) is 4.55. The lowest BCUT2D eigenvalue weighted by atomic mass is 10.2. The zero-order valence-corrected chi connectivity index (χ0v) is 13.7. The zero-order valence-electron chi connectivity index (χ0n) is 11.3. The number of sulfonamides is 1. The summed E-state index contributed by atoms with van der Waals surface area (Å²) in [6.07, 6.45) is 0. The first-order valence-corrected chi connectivity index (χ1v) is 8.62. The van der Waals surface area contributed by atoms with E-state index in [0.717, 1.165) is 16.9 Å². The number of anilines is 1. The van der Waals surface area contributed by atoms with Gasteiger partial charge in [-0.25, -0.2) is 8.42 Å². The fraction of sp³-hybridized carbons (Fsp3) is 0.154. The minimum Gasteiger partial charge on any atom is -0.355 e. The monoisotopic (exact) mass is 344 g/mol. The second-order valence-corrected chi connectivity index (χ2v) is 7.85. The largest absolute Gasteiger partial charge is 0.355 e. The van der Waals surface area contributed by atoms with Crippen LogP contribution in [0.2, 0.25) is 4.34 Å². The van der Waals surface area contributed by atoms with Gasteiger partial charge in [0, 0.05) is 18.3 Å². The minimum absolute atomic E-state index is 0.153. The molecule has 1 aromatic carbocycles. The molecule has 21 heavy (non-hydrogen) atoms. The third-order valence-electron chi connectivity index (χ3n) is 2.73. The molecule has 0 aliphatic rings. The van der Waals surface area contributed by atoms with E-state index in [1.165, 1.54) is 25.2 Å². The van der Waals surface area contributed by atoms with E-state index in [1.54, 1.807) is 19.1 Å². The Morgan fingerprint density at radius 2 is 1.86 bits per heavy atom. The molecule has 8 heteroatoms. The molecule has 0 spiro atoms. The van der Waals surface area contributed by atoms with Crippen molar-refractivity contribution in [3.63, 3.8) is 0 Å². The molecule has 0 unspecified atom stereocenters. The SMILES string of the molecule is CNC(=O)c1ccc(NS(=O)(=O)c2cc(C)c(Cl)s2)cc1. The van der Waals surface area contributed by atoms with Gasteiger partial charge in [-0.15, -0.1) is 11.3 Å². The Balaban J connectivity index is 2.22. The van der Waals surface area contributed by atoms with Gasteiger partial charge in [-0.2, -0.15) is 0 Å². The summed E-state index contributed by atoms with van der Waals surface area (Å²) in [6, 6.07) is 7.68. The van der Waals surface area contributed by atoms with Crippen molar-refractivity contribution in [1.82, 2.24) is 5.32 Å². The molecule has 0 fully saturated rings. The number of aryl methyl sites for hydroxylation is 1. The van der Waals surface area contributed by atoms with Crippen LogP contribution in [0.15, 0.2) is 34.5 Å². The molecule has 0 saturated carbocycles. The molecule has 0 radical (unpaired) electrons. The van der Waals surface area contributed by atoms with E-state index in [9.17, 15) is 13.2 Å². The van der Waals surface area contributed by atoms with Crippen molar-refractivity contribution in [2.45, 2.75) is 11.1 Å². The third-order valence-corrected chi connectivity index (χ3v) is 6.14. The summed E-state index contributed by atoms with van der Waals surface area (Å²) in [7, 11) is -2.14. The highest BCUT2D eigenvalue weighted by Gasteiger charge is 2.18. The van der Waals surface area contributed by atoms with Crippen LogP contribution in [0.5, 0.6) is 0 Å². The van der Waals surface area contributed by atoms with Gasteiger partial charge < -0.3 is 5.32 Å². The fourth-order valence-corrected chi connectivity index (χ4v) is 4.37. The number of amides is 1. The summed E-state index contributed by atoms with van der Waals surface area (Å²) in [5.74, 6) is -0.231. The van der Waals surface area contributed by atoms with E-state index in [-0.39, 0.29) is 10.1 Å². The number of nitrogens with one attached hydrogen (secondary N) is 2. The average molecular weight is 345 g/mol. The van der Waals surface area contributed by atoms with Crippen molar-refractivity contribution < 1.29 is 13.2 Å². The van der Waals surface area contributed by atoms with Crippen molar-refractivity contribution in [2.24, 2.45) is 0 Å². The molecular weight excluding hydrogens is 332 g/mol. The quantitative estimate of drug-likeness (QED) is 0.895. The number of carbonyl (C=O) groups excluding carboxylic acids is 1. The second kappa shape index (κ2) is 6.05. The van der Waals surface area contributed by atoms with Gasteiger partial charge in [-0.05, 0) is 42.8 Å². The molecule has 1 aromatic heterocycles. The van der Waals surface area contributed by atoms with Gasteiger partial charge in [0.2, 0.25) is 0 Å². The van der Waals surface area contributed by atoms with Gasteiger partial charge in [0.15, 0.2) is 0 Å². The fourth-order valence-electron chi connectivity index (χ4n) is 1.60. The summed E-state index contributed by atoms with van der Waals surface area (Å²) < 4.78 is 27.5. The van der Waals surface area contributed by atoms with Gasteiger partial charge in [0.25, 0.3) is 15.9 Å². The molecule has 112 valence electrons. The Hall–Kier alpha value is -1.57. The molecule has 2 aromatic rings.